The van der Waals surface area contributed by atoms with Crippen LogP contribution in [0.1, 0.15) is 5.56 Å². The first-order valence-electron chi connectivity index (χ1n) is 9.87. The van der Waals surface area contributed by atoms with Crippen molar-refractivity contribution >= 4 is 11.1 Å². The van der Waals surface area contributed by atoms with Gasteiger partial charge in [0.05, 0.1) is 12.8 Å². The van der Waals surface area contributed by atoms with Crippen LogP contribution in [0.25, 0.3) is 44.8 Å². The van der Waals surface area contributed by atoms with E-state index in [9.17, 15) is 0 Å². The molecule has 0 aliphatic heterocycles. The third kappa shape index (κ3) is 3.57. The number of aromatic nitrogens is 5. The van der Waals surface area contributed by atoms with E-state index < -0.39 is 0 Å². The quantitative estimate of drug-likeness (QED) is 0.356. The summed E-state index contributed by atoms with van der Waals surface area (Å²) in [5.74, 6) is 1.34. The molecule has 0 fully saturated rings. The van der Waals surface area contributed by atoms with Gasteiger partial charge in [0, 0.05) is 47.4 Å². The molecular formula is C24H21N5O2. The van der Waals surface area contributed by atoms with Crippen molar-refractivity contribution in [2.24, 2.45) is 0 Å². The van der Waals surface area contributed by atoms with Crippen LogP contribution in [-0.4, -0.2) is 32.5 Å². The van der Waals surface area contributed by atoms with Gasteiger partial charge in [-0.2, -0.15) is 0 Å². The number of rotatable bonds is 4. The van der Waals surface area contributed by atoms with Crippen LogP contribution in [0.15, 0.2) is 77.6 Å². The zero-order chi connectivity index (χ0) is 21.2. The number of H-pyrrole nitrogens is 3. The van der Waals surface area contributed by atoms with Crippen molar-refractivity contribution in [3.05, 3.63) is 78.8 Å². The fourth-order valence-corrected chi connectivity index (χ4v) is 3.56. The Balaban J connectivity index is 1.53. The number of pyridine rings is 2. The molecule has 5 aromatic rings. The van der Waals surface area contributed by atoms with E-state index >= 15 is 0 Å². The fourth-order valence-electron chi connectivity index (χ4n) is 3.56. The van der Waals surface area contributed by atoms with Crippen LogP contribution in [0.3, 0.4) is 0 Å². The summed E-state index contributed by atoms with van der Waals surface area (Å²) >= 11 is 0. The van der Waals surface area contributed by atoms with Gasteiger partial charge < -0.3 is 9.15 Å². The lowest BCUT2D eigenvalue weighted by Crippen LogP contribution is -1.87. The van der Waals surface area contributed by atoms with Crippen molar-refractivity contribution < 1.29 is 9.15 Å². The second-order valence-corrected chi connectivity index (χ2v) is 7.14. The molecule has 0 aliphatic carbocycles. The van der Waals surface area contributed by atoms with E-state index in [0.29, 0.717) is 5.88 Å². The molecule has 154 valence electrons. The van der Waals surface area contributed by atoms with Crippen molar-refractivity contribution in [1.82, 2.24) is 25.4 Å². The Morgan fingerprint density at radius 2 is 1.71 bits per heavy atom. The molecule has 0 aliphatic rings. The second kappa shape index (κ2) is 7.87. The number of fused-ring (bicyclic) bond motifs is 1. The Hall–Kier alpha value is -4.26. The summed E-state index contributed by atoms with van der Waals surface area (Å²) < 4.78 is 11.4. The lowest BCUT2D eigenvalue weighted by Gasteiger charge is -2.04. The minimum atomic E-state index is 0.573. The average molecular weight is 411 g/mol. The number of ether oxygens (including phenoxy) is 1. The predicted octanol–water partition coefficient (Wildman–Crippen LogP) is 5.65. The van der Waals surface area contributed by atoms with Gasteiger partial charge in [0.1, 0.15) is 11.3 Å². The molecule has 1 aromatic carbocycles. The number of furan rings is 1. The molecule has 0 spiro atoms. The number of aromatic amines is 3. The minimum absolute atomic E-state index is 0.573. The number of nitrogens with one attached hydrogen (secondary N) is 3. The Labute approximate surface area is 178 Å². The topological polar surface area (TPSA) is 95.5 Å². The standard InChI is InChI=1S/C24H21N5O2/c1-15-9-12-27-29-28-23(15)17-5-3-16(4-6-17)21-13-20-24(31-21)19(10-11-25-20)18-7-8-22(30-2)26-14-18/h3-14,27-29H,1-2H3. The molecule has 7 nitrogen and oxygen atoms in total. The van der Waals surface area contributed by atoms with Crippen molar-refractivity contribution in [2.75, 3.05) is 7.11 Å². The highest BCUT2D eigenvalue weighted by atomic mass is 16.5. The van der Waals surface area contributed by atoms with Gasteiger partial charge >= 0.3 is 0 Å². The van der Waals surface area contributed by atoms with E-state index in [1.807, 2.05) is 48.7 Å². The van der Waals surface area contributed by atoms with Crippen molar-refractivity contribution in [3.63, 3.8) is 0 Å². The second-order valence-electron chi connectivity index (χ2n) is 7.14. The summed E-state index contributed by atoms with van der Waals surface area (Å²) in [6.45, 7) is 2.06. The third-order valence-corrected chi connectivity index (χ3v) is 5.20. The normalized spacial score (nSPS) is 10.9. The molecule has 5 rings (SSSR count). The number of aryl methyl sites for hydroxylation is 1. The predicted molar refractivity (Wildman–Crippen MR) is 120 cm³/mol. The van der Waals surface area contributed by atoms with Crippen LogP contribution in [-0.2, 0) is 0 Å². The van der Waals surface area contributed by atoms with E-state index in [1.54, 1.807) is 19.5 Å². The van der Waals surface area contributed by atoms with Crippen molar-refractivity contribution in [3.8, 4) is 39.6 Å². The average Bonchev–Trinajstić information content (AvgIpc) is 3.14. The molecule has 31 heavy (non-hydrogen) atoms. The highest BCUT2D eigenvalue weighted by Crippen LogP contribution is 2.34. The Morgan fingerprint density at radius 3 is 2.48 bits per heavy atom. The van der Waals surface area contributed by atoms with Gasteiger partial charge in [0.2, 0.25) is 5.88 Å². The maximum Gasteiger partial charge on any atom is 0.212 e. The molecule has 4 aromatic heterocycles. The molecule has 0 amide bonds. The van der Waals surface area contributed by atoms with Crippen LogP contribution in [0.2, 0.25) is 0 Å². The first kappa shape index (κ1) is 18.7. The summed E-state index contributed by atoms with van der Waals surface area (Å²) in [5.41, 5.74) is 7.60. The molecule has 0 bridgehead atoms. The number of hydrogen-bond donors (Lipinski definition) is 3. The molecule has 0 saturated carbocycles. The lowest BCUT2D eigenvalue weighted by atomic mass is 10.0. The number of hydrogen-bond acceptors (Lipinski definition) is 4. The molecule has 0 radical (unpaired) electrons. The van der Waals surface area contributed by atoms with Crippen LogP contribution >= 0.6 is 0 Å². The van der Waals surface area contributed by atoms with Crippen molar-refractivity contribution in [1.29, 1.82) is 0 Å². The molecule has 0 atom stereocenters. The molecular weight excluding hydrogens is 390 g/mol. The van der Waals surface area contributed by atoms with E-state index in [1.165, 1.54) is 0 Å². The van der Waals surface area contributed by atoms with Gasteiger partial charge in [0.25, 0.3) is 0 Å². The monoisotopic (exact) mass is 411 g/mol. The first-order valence-corrected chi connectivity index (χ1v) is 9.87. The zero-order valence-corrected chi connectivity index (χ0v) is 17.1. The van der Waals surface area contributed by atoms with E-state index in [0.717, 1.165) is 50.4 Å². The largest absolute Gasteiger partial charge is 0.481 e. The smallest absolute Gasteiger partial charge is 0.212 e. The molecule has 4 heterocycles. The summed E-state index contributed by atoms with van der Waals surface area (Å²) in [6.07, 6.45) is 5.41. The maximum absolute atomic E-state index is 6.24. The van der Waals surface area contributed by atoms with E-state index in [4.69, 9.17) is 9.15 Å². The van der Waals surface area contributed by atoms with Crippen molar-refractivity contribution in [2.45, 2.75) is 6.92 Å². The van der Waals surface area contributed by atoms with Gasteiger partial charge in [0.15, 0.2) is 5.58 Å². The van der Waals surface area contributed by atoms with Gasteiger partial charge in [-0.1, -0.05) is 24.3 Å². The molecule has 0 unspecified atom stereocenters. The van der Waals surface area contributed by atoms with Gasteiger partial charge in [-0.05, 0) is 36.2 Å². The van der Waals surface area contributed by atoms with Gasteiger partial charge in [-0.3, -0.25) is 15.2 Å². The zero-order valence-electron chi connectivity index (χ0n) is 17.1. The third-order valence-electron chi connectivity index (χ3n) is 5.20. The van der Waals surface area contributed by atoms with Gasteiger partial charge in [-0.15, -0.1) is 0 Å². The van der Waals surface area contributed by atoms with Crippen LogP contribution in [0, 0.1) is 6.92 Å². The highest BCUT2D eigenvalue weighted by Gasteiger charge is 2.13. The number of benzene rings is 1. The molecule has 7 heteroatoms. The number of methoxy groups -OCH3 is 1. The Bertz CT molecular complexity index is 1370. The van der Waals surface area contributed by atoms with Gasteiger partial charge in [-0.25, -0.2) is 10.2 Å². The lowest BCUT2D eigenvalue weighted by molar-refractivity contribution is 0.398. The minimum Gasteiger partial charge on any atom is -0.481 e. The SMILES string of the molecule is COc1ccc(-c2ccnc3cc(-c4ccc(-c5[nH][nH][nH]ccc5C)cc4)oc23)cn1. The van der Waals surface area contributed by atoms with Crippen LogP contribution < -0.4 is 4.74 Å². The summed E-state index contributed by atoms with van der Waals surface area (Å²) in [7, 11) is 1.60. The molecule has 3 N–H and O–H groups in total. The Morgan fingerprint density at radius 1 is 0.903 bits per heavy atom. The fraction of sp³-hybridized carbons (Fsp3) is 0.0833. The highest BCUT2D eigenvalue weighted by molar-refractivity contribution is 5.92. The summed E-state index contributed by atoms with van der Waals surface area (Å²) in [6, 6.07) is 17.9. The van der Waals surface area contributed by atoms with E-state index in [2.05, 4.69) is 44.4 Å². The van der Waals surface area contributed by atoms with E-state index in [-0.39, 0.29) is 0 Å². The van der Waals surface area contributed by atoms with Crippen LogP contribution in [0.4, 0.5) is 0 Å². The van der Waals surface area contributed by atoms with Crippen LogP contribution in [0.5, 0.6) is 5.88 Å². The molecule has 0 saturated heterocycles. The maximum atomic E-state index is 6.24. The summed E-state index contributed by atoms with van der Waals surface area (Å²) in [4.78, 5) is 8.78. The summed E-state index contributed by atoms with van der Waals surface area (Å²) in [5, 5.41) is 9.04. The Kier molecular flexibility index (Phi) is 4.76. The number of nitrogens with zero attached hydrogens (tertiary/aromatic N) is 2. The first-order chi connectivity index (χ1) is 15.2.